The molecule has 0 spiro atoms. The van der Waals surface area contributed by atoms with E-state index >= 15 is 0 Å². The number of carbonyl (C=O) groups excluding carboxylic acids is 2. The topological polar surface area (TPSA) is 61.8 Å². The number of benzene rings is 1. The summed E-state index contributed by atoms with van der Waals surface area (Å²) in [6.45, 7) is 1.04. The van der Waals surface area contributed by atoms with Gasteiger partial charge in [-0.1, -0.05) is 25.7 Å². The van der Waals surface area contributed by atoms with Gasteiger partial charge in [-0.2, -0.15) is 0 Å². The lowest BCUT2D eigenvalue weighted by Crippen LogP contribution is -2.17. The molecule has 0 heterocycles. The largest absolute Gasteiger partial charge is 0.491 e. The molecule has 0 atom stereocenters. The van der Waals surface area contributed by atoms with E-state index in [1.807, 2.05) is 0 Å². The molecule has 2 rings (SSSR count). The van der Waals surface area contributed by atoms with Gasteiger partial charge < -0.3 is 14.2 Å². The second kappa shape index (κ2) is 9.30. The minimum Gasteiger partial charge on any atom is -0.491 e. The number of hydrogen-bond acceptors (Lipinski definition) is 5. The molecule has 1 aromatic carbocycles. The Labute approximate surface area is 136 Å². The molecule has 1 aliphatic carbocycles. The van der Waals surface area contributed by atoms with E-state index < -0.39 is 11.8 Å². The Morgan fingerprint density at radius 1 is 1.00 bits per heavy atom. The first-order valence-electron chi connectivity index (χ1n) is 8.18. The zero-order valence-electron chi connectivity index (χ0n) is 13.6. The molecule has 0 N–H and O–H groups in total. The third-order valence-electron chi connectivity index (χ3n) is 4.00. The van der Waals surface area contributed by atoms with Crippen LogP contribution in [-0.2, 0) is 14.3 Å². The maximum Gasteiger partial charge on any atom is 0.379 e. The van der Waals surface area contributed by atoms with Crippen LogP contribution >= 0.6 is 0 Å². The first-order valence-corrected chi connectivity index (χ1v) is 8.18. The Bertz CT molecular complexity index is 501. The van der Waals surface area contributed by atoms with Crippen LogP contribution in [-0.4, -0.2) is 38.2 Å². The van der Waals surface area contributed by atoms with Crippen LogP contribution in [0.4, 0.5) is 0 Å². The summed E-state index contributed by atoms with van der Waals surface area (Å²) in [5, 5.41) is 0. The van der Waals surface area contributed by atoms with E-state index in [0.717, 1.165) is 12.8 Å². The fourth-order valence-electron chi connectivity index (χ4n) is 2.70. The zero-order valence-corrected chi connectivity index (χ0v) is 13.6. The van der Waals surface area contributed by atoms with Gasteiger partial charge in [0.15, 0.2) is 0 Å². The molecular weight excluding hydrogens is 296 g/mol. The van der Waals surface area contributed by atoms with Crippen LogP contribution in [0, 0.1) is 0 Å². The van der Waals surface area contributed by atoms with E-state index in [1.54, 1.807) is 24.3 Å². The normalized spacial score (nSPS) is 15.7. The van der Waals surface area contributed by atoms with Gasteiger partial charge >= 0.3 is 5.97 Å². The van der Waals surface area contributed by atoms with Gasteiger partial charge in [0.25, 0.3) is 5.78 Å². The molecule has 126 valence electrons. The van der Waals surface area contributed by atoms with E-state index in [1.165, 1.54) is 32.8 Å². The summed E-state index contributed by atoms with van der Waals surface area (Å²) < 4.78 is 15.9. The molecule has 23 heavy (non-hydrogen) atoms. The molecule has 0 aromatic heterocycles. The van der Waals surface area contributed by atoms with Gasteiger partial charge in [0.05, 0.1) is 19.8 Å². The number of ether oxygens (including phenoxy) is 3. The predicted molar refractivity (Wildman–Crippen MR) is 85.7 cm³/mol. The second-order valence-electron chi connectivity index (χ2n) is 5.68. The molecule has 0 radical (unpaired) electrons. The van der Waals surface area contributed by atoms with Crippen molar-refractivity contribution >= 4 is 11.8 Å². The summed E-state index contributed by atoms with van der Waals surface area (Å²) in [6, 6.07) is 6.45. The average Bonchev–Trinajstić information content (AvgIpc) is 2.86. The molecule has 1 aromatic rings. The molecular formula is C18H24O5. The fraction of sp³-hybridized carbons (Fsp3) is 0.556. The molecule has 0 unspecified atom stereocenters. The monoisotopic (exact) mass is 320 g/mol. The van der Waals surface area contributed by atoms with Gasteiger partial charge in [0.2, 0.25) is 0 Å². The first-order chi connectivity index (χ1) is 11.2. The summed E-state index contributed by atoms with van der Waals surface area (Å²) in [5.41, 5.74) is 0.291. The summed E-state index contributed by atoms with van der Waals surface area (Å²) in [6.07, 6.45) is 7.78. The third kappa shape index (κ3) is 5.67. The Morgan fingerprint density at radius 3 is 2.26 bits per heavy atom. The highest BCUT2D eigenvalue weighted by Crippen LogP contribution is 2.20. The van der Waals surface area contributed by atoms with Crippen molar-refractivity contribution in [3.63, 3.8) is 0 Å². The Kier molecular flexibility index (Phi) is 7.07. The van der Waals surface area contributed by atoms with Crippen molar-refractivity contribution in [2.75, 3.05) is 20.3 Å². The van der Waals surface area contributed by atoms with E-state index in [4.69, 9.17) is 9.47 Å². The van der Waals surface area contributed by atoms with Crippen LogP contribution in [0.1, 0.15) is 48.9 Å². The number of carbonyl (C=O) groups is 2. The van der Waals surface area contributed by atoms with Crippen molar-refractivity contribution in [1.29, 1.82) is 0 Å². The maximum atomic E-state index is 11.6. The molecule has 5 nitrogen and oxygen atoms in total. The van der Waals surface area contributed by atoms with Gasteiger partial charge in [0.1, 0.15) is 12.4 Å². The molecule has 1 saturated carbocycles. The van der Waals surface area contributed by atoms with Crippen LogP contribution in [0.15, 0.2) is 24.3 Å². The zero-order chi connectivity index (χ0) is 16.5. The van der Waals surface area contributed by atoms with Crippen LogP contribution in [0.5, 0.6) is 5.75 Å². The minimum absolute atomic E-state index is 0.291. The molecule has 1 aliphatic rings. The standard InChI is InChI=1S/C18H24O5/c1-21-18(20)17(19)14-8-10-16(11-9-14)23-13-12-22-15-6-4-2-3-5-7-15/h8-11,15H,2-7,12-13H2,1H3. The molecule has 0 aliphatic heterocycles. The lowest BCUT2D eigenvalue weighted by atomic mass is 10.1. The quantitative estimate of drug-likeness (QED) is 0.254. The second-order valence-corrected chi connectivity index (χ2v) is 5.68. The van der Waals surface area contributed by atoms with Crippen LogP contribution in [0.3, 0.4) is 0 Å². The lowest BCUT2D eigenvalue weighted by molar-refractivity contribution is -0.135. The number of ketones is 1. The van der Waals surface area contributed by atoms with E-state index in [9.17, 15) is 9.59 Å². The number of esters is 1. The first kappa shape index (κ1) is 17.5. The van der Waals surface area contributed by atoms with Crippen molar-refractivity contribution < 1.29 is 23.8 Å². The van der Waals surface area contributed by atoms with E-state index in [0.29, 0.717) is 30.6 Å². The van der Waals surface area contributed by atoms with Crippen molar-refractivity contribution in [1.82, 2.24) is 0 Å². The third-order valence-corrected chi connectivity index (χ3v) is 4.00. The Hall–Kier alpha value is -1.88. The van der Waals surface area contributed by atoms with Gasteiger partial charge in [-0.15, -0.1) is 0 Å². The Balaban J connectivity index is 1.71. The van der Waals surface area contributed by atoms with Crippen LogP contribution < -0.4 is 4.74 Å². The smallest absolute Gasteiger partial charge is 0.379 e. The number of Topliss-reactive ketones (excluding diaryl/α,β-unsaturated/α-hetero) is 1. The molecule has 0 saturated heterocycles. The number of rotatable bonds is 7. The van der Waals surface area contributed by atoms with Gasteiger partial charge in [-0.05, 0) is 37.1 Å². The van der Waals surface area contributed by atoms with Crippen LogP contribution in [0.2, 0.25) is 0 Å². The van der Waals surface area contributed by atoms with Gasteiger partial charge in [-0.3, -0.25) is 4.79 Å². The summed E-state index contributed by atoms with van der Waals surface area (Å²) in [7, 11) is 1.19. The van der Waals surface area contributed by atoms with Crippen molar-refractivity contribution in [3.8, 4) is 5.75 Å². The van der Waals surface area contributed by atoms with Crippen molar-refractivity contribution in [3.05, 3.63) is 29.8 Å². The minimum atomic E-state index is -0.865. The lowest BCUT2D eigenvalue weighted by Gasteiger charge is -2.15. The average molecular weight is 320 g/mol. The molecule has 1 fully saturated rings. The summed E-state index contributed by atoms with van der Waals surface area (Å²) in [4.78, 5) is 22.8. The van der Waals surface area contributed by atoms with Crippen molar-refractivity contribution in [2.24, 2.45) is 0 Å². The SMILES string of the molecule is COC(=O)C(=O)c1ccc(OCCOC2CCCCCC2)cc1. The maximum absolute atomic E-state index is 11.6. The van der Waals surface area contributed by atoms with E-state index in [2.05, 4.69) is 4.74 Å². The summed E-state index contributed by atoms with van der Waals surface area (Å²) in [5.74, 6) is -0.873. The Morgan fingerprint density at radius 2 is 1.65 bits per heavy atom. The molecule has 5 heteroatoms. The fourth-order valence-corrected chi connectivity index (χ4v) is 2.70. The van der Waals surface area contributed by atoms with Crippen molar-refractivity contribution in [2.45, 2.75) is 44.6 Å². The predicted octanol–water partition coefficient (Wildman–Crippen LogP) is 3.16. The van der Waals surface area contributed by atoms with Crippen LogP contribution in [0.25, 0.3) is 0 Å². The van der Waals surface area contributed by atoms with Gasteiger partial charge in [0, 0.05) is 5.56 Å². The molecule has 0 amide bonds. The van der Waals surface area contributed by atoms with Gasteiger partial charge in [-0.25, -0.2) is 4.79 Å². The highest BCUT2D eigenvalue weighted by molar-refractivity contribution is 6.40. The number of hydrogen-bond donors (Lipinski definition) is 0. The molecule has 0 bridgehead atoms. The van der Waals surface area contributed by atoms with E-state index in [-0.39, 0.29) is 0 Å². The highest BCUT2D eigenvalue weighted by Gasteiger charge is 2.16. The summed E-state index contributed by atoms with van der Waals surface area (Å²) >= 11 is 0. The highest BCUT2D eigenvalue weighted by atomic mass is 16.5. The number of methoxy groups -OCH3 is 1.